The van der Waals surface area contributed by atoms with E-state index in [-0.39, 0.29) is 0 Å². The van der Waals surface area contributed by atoms with E-state index in [4.69, 9.17) is 0 Å². The summed E-state index contributed by atoms with van der Waals surface area (Å²) in [6.07, 6.45) is 0. The molecule has 0 N–H and O–H groups in total. The lowest BCUT2D eigenvalue weighted by atomic mass is 9.97. The Morgan fingerprint density at radius 2 is 0.389 bits per heavy atom. The van der Waals surface area contributed by atoms with Gasteiger partial charge in [-0.25, -0.2) is 0 Å². The Morgan fingerprint density at radius 1 is 0.189 bits per heavy atom. The molecule has 0 aliphatic carbocycles. The molecule has 3 heteroatoms. The fraction of sp³-hybridized carbons (Fsp3) is 0.0345. The summed E-state index contributed by atoms with van der Waals surface area (Å²) in [6, 6.07) is 124. The molecule has 0 fully saturated rings. The highest BCUT2D eigenvalue weighted by molar-refractivity contribution is 6.12. The first-order valence-corrected chi connectivity index (χ1v) is 31.0. The molecule has 90 heavy (non-hydrogen) atoms. The number of hydrogen-bond donors (Lipinski definition) is 0. The van der Waals surface area contributed by atoms with Crippen LogP contribution in [0, 0.1) is 20.8 Å². The van der Waals surface area contributed by atoms with Gasteiger partial charge in [-0.1, -0.05) is 247 Å². The number of hydrogen-bond acceptors (Lipinski definition) is 2. The molecule has 0 aliphatic heterocycles. The van der Waals surface area contributed by atoms with Gasteiger partial charge in [0.2, 0.25) is 0 Å². The highest BCUT2D eigenvalue weighted by atomic mass is 15.1. The largest absolute Gasteiger partial charge is 0.311 e. The van der Waals surface area contributed by atoms with Crippen molar-refractivity contribution >= 4 is 55.9 Å². The van der Waals surface area contributed by atoms with Crippen molar-refractivity contribution in [2.75, 3.05) is 9.80 Å². The lowest BCUT2D eigenvalue weighted by Crippen LogP contribution is -2.09. The summed E-state index contributed by atoms with van der Waals surface area (Å²) in [6.45, 7) is 6.39. The average molecular weight is 1150 g/mol. The number of aromatic nitrogens is 1. The first kappa shape index (κ1) is 55.1. The minimum atomic E-state index is 1.10. The van der Waals surface area contributed by atoms with Crippen LogP contribution in [0.5, 0.6) is 0 Å². The molecule has 0 radical (unpaired) electrons. The van der Waals surface area contributed by atoms with Crippen LogP contribution in [-0.4, -0.2) is 4.57 Å². The minimum Gasteiger partial charge on any atom is -0.311 e. The highest BCUT2D eigenvalue weighted by Crippen LogP contribution is 2.42. The monoisotopic (exact) mass is 1150 g/mol. The number of rotatable bonds is 14. The third kappa shape index (κ3) is 11.1. The maximum atomic E-state index is 2.43. The van der Waals surface area contributed by atoms with E-state index in [1.54, 1.807) is 0 Å². The SMILES string of the molecule is Cc1ccc(-c2ccc(N(c3ccccc3)c3ccc(-c4ccc(-c5ccc6c(c5)c5cc(-c7ccc(-c8ccc(N(c9ccccc9)c9ccc(-c%10ccc(C)cc%10)cc9)cc8)cc7)ccc5n6-c5ccc(-c6ccc(C)cc6)cc5)cc4)cc3)cc2)cc1. The third-order valence-corrected chi connectivity index (χ3v) is 17.7. The molecule has 0 saturated heterocycles. The standard InChI is InChI=1S/C87H65N3/c1-60-14-20-63(21-15-60)68-34-46-79(47-35-68)88(77-10-6-4-7-11-77)81-50-38-71(39-51-81)66-26-30-73(31-27-66)75-44-56-86-84(58-75)85-59-76(45-57-87(85)90(86)83-54-42-70(43-55-83)65-24-18-62(3)19-25-65)74-32-28-67(29-33-74)72-40-52-82(53-41-72)89(78-12-8-5-9-13-78)80-48-36-69(37-49-80)64-22-16-61(2)17-23-64/h4-59H,1-3H3. The van der Waals surface area contributed by atoms with Gasteiger partial charge in [0.15, 0.2) is 0 Å². The third-order valence-electron chi connectivity index (χ3n) is 17.7. The molecule has 3 nitrogen and oxygen atoms in total. The van der Waals surface area contributed by atoms with E-state index in [0.29, 0.717) is 0 Å². The van der Waals surface area contributed by atoms with Crippen LogP contribution in [0.25, 0.3) is 105 Å². The molecule has 0 amide bonds. The Labute approximate surface area is 528 Å². The van der Waals surface area contributed by atoms with Gasteiger partial charge in [0.1, 0.15) is 0 Å². The summed E-state index contributed by atoms with van der Waals surface area (Å²) in [4.78, 5) is 4.65. The first-order valence-electron chi connectivity index (χ1n) is 31.0. The Bertz CT molecular complexity index is 4680. The number of anilines is 6. The number of para-hydroxylation sites is 2. The van der Waals surface area contributed by atoms with Gasteiger partial charge in [0.05, 0.1) is 11.0 Å². The van der Waals surface area contributed by atoms with Crippen LogP contribution >= 0.6 is 0 Å². The molecule has 0 spiro atoms. The van der Waals surface area contributed by atoms with Crippen LogP contribution < -0.4 is 9.80 Å². The second-order valence-electron chi connectivity index (χ2n) is 23.6. The molecular formula is C87H65N3. The van der Waals surface area contributed by atoms with E-state index in [9.17, 15) is 0 Å². The van der Waals surface area contributed by atoms with Crippen molar-refractivity contribution in [2.45, 2.75) is 20.8 Å². The van der Waals surface area contributed by atoms with Crippen LogP contribution in [-0.2, 0) is 0 Å². The molecule has 15 rings (SSSR count). The van der Waals surface area contributed by atoms with E-state index in [0.717, 1.165) is 39.8 Å². The average Bonchev–Trinajstić information content (AvgIpc) is 1.60. The Hall–Kier alpha value is -11.5. The first-order chi connectivity index (χ1) is 44.3. The summed E-state index contributed by atoms with van der Waals surface area (Å²) in [7, 11) is 0. The smallest absolute Gasteiger partial charge is 0.0541 e. The predicted molar refractivity (Wildman–Crippen MR) is 382 cm³/mol. The van der Waals surface area contributed by atoms with Crippen LogP contribution in [0.15, 0.2) is 340 Å². The molecule has 1 heterocycles. The summed E-state index contributed by atoms with van der Waals surface area (Å²) >= 11 is 0. The normalized spacial score (nSPS) is 11.3. The van der Waals surface area contributed by atoms with Crippen molar-refractivity contribution in [3.63, 3.8) is 0 Å². The molecule has 0 bridgehead atoms. The Kier molecular flexibility index (Phi) is 14.7. The Balaban J connectivity index is 0.724. The fourth-order valence-electron chi connectivity index (χ4n) is 12.7. The zero-order valence-corrected chi connectivity index (χ0v) is 50.7. The van der Waals surface area contributed by atoms with Crippen LogP contribution in [0.1, 0.15) is 16.7 Å². The lowest BCUT2D eigenvalue weighted by molar-refractivity contribution is 1.18. The maximum absolute atomic E-state index is 2.43. The molecule has 14 aromatic carbocycles. The van der Waals surface area contributed by atoms with Crippen LogP contribution in [0.3, 0.4) is 0 Å². The van der Waals surface area contributed by atoms with Crippen molar-refractivity contribution in [2.24, 2.45) is 0 Å². The molecule has 1 aromatic heterocycles. The van der Waals surface area contributed by atoms with Gasteiger partial charge >= 0.3 is 0 Å². The maximum Gasteiger partial charge on any atom is 0.0541 e. The summed E-state index contributed by atoms with van der Waals surface area (Å²) < 4.78 is 2.43. The zero-order chi connectivity index (χ0) is 60.5. The number of fused-ring (bicyclic) bond motifs is 3. The number of nitrogens with zero attached hydrogens (tertiary/aromatic N) is 3. The van der Waals surface area contributed by atoms with Crippen molar-refractivity contribution in [1.29, 1.82) is 0 Å². The van der Waals surface area contributed by atoms with Gasteiger partial charge in [-0.3, -0.25) is 0 Å². The van der Waals surface area contributed by atoms with Crippen molar-refractivity contribution in [1.82, 2.24) is 4.57 Å². The number of benzene rings is 14. The highest BCUT2D eigenvalue weighted by Gasteiger charge is 2.18. The van der Waals surface area contributed by atoms with E-state index >= 15 is 0 Å². The lowest BCUT2D eigenvalue weighted by Gasteiger charge is -2.26. The minimum absolute atomic E-state index is 1.10. The van der Waals surface area contributed by atoms with Gasteiger partial charge in [0, 0.05) is 50.6 Å². The zero-order valence-electron chi connectivity index (χ0n) is 50.7. The van der Waals surface area contributed by atoms with Gasteiger partial charge in [-0.05, 0) is 208 Å². The van der Waals surface area contributed by atoms with Gasteiger partial charge < -0.3 is 14.4 Å². The molecule has 0 saturated carbocycles. The molecule has 15 aromatic rings. The molecule has 0 aliphatic rings. The van der Waals surface area contributed by atoms with E-state index in [2.05, 4.69) is 375 Å². The van der Waals surface area contributed by atoms with Crippen molar-refractivity contribution in [3.8, 4) is 83.6 Å². The van der Waals surface area contributed by atoms with Gasteiger partial charge in [0.25, 0.3) is 0 Å². The quantitative estimate of drug-likeness (QED) is 0.108. The van der Waals surface area contributed by atoms with Crippen molar-refractivity contribution < 1.29 is 0 Å². The van der Waals surface area contributed by atoms with E-state index in [1.807, 2.05) is 0 Å². The van der Waals surface area contributed by atoms with E-state index in [1.165, 1.54) is 116 Å². The molecule has 0 atom stereocenters. The molecule has 0 unspecified atom stereocenters. The number of aryl methyl sites for hydroxylation is 3. The van der Waals surface area contributed by atoms with Crippen molar-refractivity contribution in [3.05, 3.63) is 356 Å². The van der Waals surface area contributed by atoms with Crippen LogP contribution in [0.2, 0.25) is 0 Å². The molecule has 428 valence electrons. The second kappa shape index (κ2) is 24.0. The second-order valence-corrected chi connectivity index (χ2v) is 23.6. The topological polar surface area (TPSA) is 11.4 Å². The van der Waals surface area contributed by atoms with E-state index < -0.39 is 0 Å². The Morgan fingerprint density at radius 3 is 0.656 bits per heavy atom. The van der Waals surface area contributed by atoms with Gasteiger partial charge in [-0.15, -0.1) is 0 Å². The fourth-order valence-corrected chi connectivity index (χ4v) is 12.7. The summed E-state index contributed by atoms with van der Waals surface area (Å²) in [5.41, 5.74) is 30.5. The summed E-state index contributed by atoms with van der Waals surface area (Å²) in [5.74, 6) is 0. The summed E-state index contributed by atoms with van der Waals surface area (Å²) in [5, 5.41) is 2.42. The van der Waals surface area contributed by atoms with Crippen LogP contribution in [0.4, 0.5) is 34.1 Å². The van der Waals surface area contributed by atoms with Gasteiger partial charge in [-0.2, -0.15) is 0 Å². The molecular weight excluding hydrogens is 1090 g/mol. The predicted octanol–water partition coefficient (Wildman–Crippen LogP) is 24.3.